The largest absolute Gasteiger partial charge is 0.474 e. The fraction of sp³-hybridized carbons (Fsp3) is 0.667. The molecule has 0 aromatic carbocycles. The summed E-state index contributed by atoms with van der Waals surface area (Å²) in [6.45, 7) is 6.55. The molecule has 1 aromatic rings. The molecule has 0 radical (unpaired) electrons. The van der Waals surface area contributed by atoms with Crippen LogP contribution in [0.25, 0.3) is 0 Å². The van der Waals surface area contributed by atoms with Crippen LogP contribution in [0.2, 0.25) is 0 Å². The van der Waals surface area contributed by atoms with Crippen molar-refractivity contribution in [1.29, 1.82) is 0 Å². The van der Waals surface area contributed by atoms with Gasteiger partial charge in [0.2, 0.25) is 5.88 Å². The number of pyridine rings is 1. The number of carbonyl (C=O) groups excluding carboxylic acids is 1. The van der Waals surface area contributed by atoms with E-state index in [9.17, 15) is 4.79 Å². The van der Waals surface area contributed by atoms with Crippen molar-refractivity contribution in [2.45, 2.75) is 64.5 Å². The van der Waals surface area contributed by atoms with E-state index in [1.807, 2.05) is 32.2 Å². The topological polar surface area (TPSA) is 54.8 Å². The average Bonchev–Trinajstić information content (AvgIpc) is 2.58. The molecule has 1 saturated carbocycles. The summed E-state index contributed by atoms with van der Waals surface area (Å²) < 4.78 is 6.10. The number of Topliss-reactive ketones (excluding diaryl/α,β-unsaturated/α-hetero) is 1. The molecular formula is C21H29N3O2. The highest BCUT2D eigenvalue weighted by atomic mass is 16.5. The minimum Gasteiger partial charge on any atom is -0.474 e. The predicted molar refractivity (Wildman–Crippen MR) is 102 cm³/mol. The standard InChI is InChI=1S/C21H29N3O2/c1-21(2)12-18(22-14-19(21)25)15-6-7-20(23-13-15)26-17-8-10-24(11-9-17)16-4-3-5-16/h6-7,13,16-17H,3-5,8-12,14H2,1-2H3. The van der Waals surface area contributed by atoms with Crippen molar-refractivity contribution in [2.75, 3.05) is 19.6 Å². The van der Waals surface area contributed by atoms with Gasteiger partial charge < -0.3 is 9.64 Å². The molecule has 2 fully saturated rings. The Morgan fingerprint density at radius 3 is 2.50 bits per heavy atom. The van der Waals surface area contributed by atoms with Gasteiger partial charge in [-0.3, -0.25) is 9.79 Å². The van der Waals surface area contributed by atoms with E-state index in [-0.39, 0.29) is 23.8 Å². The lowest BCUT2D eigenvalue weighted by Crippen LogP contribution is -2.46. The van der Waals surface area contributed by atoms with Crippen LogP contribution in [0.5, 0.6) is 5.88 Å². The Labute approximate surface area is 155 Å². The Morgan fingerprint density at radius 2 is 1.92 bits per heavy atom. The smallest absolute Gasteiger partial charge is 0.213 e. The number of carbonyl (C=O) groups is 1. The maximum atomic E-state index is 11.9. The van der Waals surface area contributed by atoms with Gasteiger partial charge in [-0.05, 0) is 31.7 Å². The number of likely N-dealkylation sites (tertiary alicyclic amines) is 1. The summed E-state index contributed by atoms with van der Waals surface area (Å²) in [5.74, 6) is 0.907. The molecule has 1 aromatic heterocycles. The quantitative estimate of drug-likeness (QED) is 0.832. The molecule has 4 rings (SSSR count). The van der Waals surface area contributed by atoms with Crippen LogP contribution in [0.4, 0.5) is 0 Å². The summed E-state index contributed by atoms with van der Waals surface area (Å²) in [6.07, 6.45) is 9.10. The van der Waals surface area contributed by atoms with Gasteiger partial charge in [0.1, 0.15) is 6.10 Å². The Balaban J connectivity index is 1.33. The van der Waals surface area contributed by atoms with Crippen molar-refractivity contribution in [1.82, 2.24) is 9.88 Å². The minimum absolute atomic E-state index is 0.211. The summed E-state index contributed by atoms with van der Waals surface area (Å²) >= 11 is 0. The van der Waals surface area contributed by atoms with Gasteiger partial charge in [-0.15, -0.1) is 0 Å². The highest BCUT2D eigenvalue weighted by molar-refractivity contribution is 6.07. The van der Waals surface area contributed by atoms with Gasteiger partial charge in [-0.2, -0.15) is 0 Å². The molecule has 1 aliphatic carbocycles. The van der Waals surface area contributed by atoms with Crippen LogP contribution in [0.15, 0.2) is 23.3 Å². The molecule has 3 aliphatic rings. The molecule has 140 valence electrons. The number of aromatic nitrogens is 1. The van der Waals surface area contributed by atoms with E-state index in [4.69, 9.17) is 4.74 Å². The predicted octanol–water partition coefficient (Wildman–Crippen LogP) is 3.27. The fourth-order valence-corrected chi connectivity index (χ4v) is 4.05. The molecule has 0 bridgehead atoms. The molecule has 1 saturated heterocycles. The fourth-order valence-electron chi connectivity index (χ4n) is 4.05. The van der Waals surface area contributed by atoms with E-state index in [0.29, 0.717) is 12.3 Å². The zero-order valence-corrected chi connectivity index (χ0v) is 15.9. The average molecular weight is 355 g/mol. The van der Waals surface area contributed by atoms with Crippen molar-refractivity contribution in [3.63, 3.8) is 0 Å². The first kappa shape index (κ1) is 17.7. The van der Waals surface area contributed by atoms with Crippen molar-refractivity contribution in [3.8, 4) is 5.88 Å². The number of piperidine rings is 1. The summed E-state index contributed by atoms with van der Waals surface area (Å²) in [7, 11) is 0. The molecule has 3 heterocycles. The second-order valence-electron chi connectivity index (χ2n) is 8.57. The van der Waals surface area contributed by atoms with Gasteiger partial charge in [0, 0.05) is 54.5 Å². The van der Waals surface area contributed by atoms with Gasteiger partial charge in [0.15, 0.2) is 5.78 Å². The second-order valence-corrected chi connectivity index (χ2v) is 8.57. The van der Waals surface area contributed by atoms with E-state index in [1.165, 1.54) is 19.3 Å². The Kier molecular flexibility index (Phi) is 4.82. The van der Waals surface area contributed by atoms with Crippen molar-refractivity contribution in [2.24, 2.45) is 10.4 Å². The van der Waals surface area contributed by atoms with E-state index in [0.717, 1.165) is 43.2 Å². The summed E-state index contributed by atoms with van der Waals surface area (Å²) in [5, 5.41) is 0. The molecule has 26 heavy (non-hydrogen) atoms. The van der Waals surface area contributed by atoms with Gasteiger partial charge in [-0.25, -0.2) is 4.98 Å². The van der Waals surface area contributed by atoms with Crippen molar-refractivity contribution in [3.05, 3.63) is 23.9 Å². The van der Waals surface area contributed by atoms with Crippen molar-refractivity contribution < 1.29 is 9.53 Å². The van der Waals surface area contributed by atoms with Crippen LogP contribution in [-0.2, 0) is 4.79 Å². The minimum atomic E-state index is -0.333. The third-order valence-electron chi connectivity index (χ3n) is 6.20. The zero-order valence-electron chi connectivity index (χ0n) is 15.9. The van der Waals surface area contributed by atoms with Gasteiger partial charge in [0.25, 0.3) is 0 Å². The third kappa shape index (κ3) is 3.68. The van der Waals surface area contributed by atoms with Gasteiger partial charge in [0.05, 0.1) is 6.54 Å². The number of ether oxygens (including phenoxy) is 1. The summed E-state index contributed by atoms with van der Waals surface area (Å²) in [4.78, 5) is 23.5. The number of ketones is 1. The van der Waals surface area contributed by atoms with Crippen LogP contribution in [0, 0.1) is 5.41 Å². The maximum Gasteiger partial charge on any atom is 0.213 e. The lowest BCUT2D eigenvalue weighted by molar-refractivity contribution is -0.125. The van der Waals surface area contributed by atoms with Crippen LogP contribution < -0.4 is 4.74 Å². The van der Waals surface area contributed by atoms with E-state index < -0.39 is 0 Å². The molecular weight excluding hydrogens is 326 g/mol. The molecule has 0 N–H and O–H groups in total. The Bertz CT molecular complexity index is 684. The number of rotatable bonds is 4. The van der Waals surface area contributed by atoms with Crippen molar-refractivity contribution >= 4 is 11.5 Å². The Morgan fingerprint density at radius 1 is 1.15 bits per heavy atom. The third-order valence-corrected chi connectivity index (χ3v) is 6.20. The molecule has 0 unspecified atom stereocenters. The van der Waals surface area contributed by atoms with E-state index in [1.54, 1.807) is 0 Å². The first-order valence-electron chi connectivity index (χ1n) is 9.95. The molecule has 0 atom stereocenters. The highest BCUT2D eigenvalue weighted by Gasteiger charge is 2.33. The first-order valence-corrected chi connectivity index (χ1v) is 9.95. The summed E-state index contributed by atoms with van der Waals surface area (Å²) in [6, 6.07) is 4.80. The number of aliphatic imine (C=N–C) groups is 1. The first-order chi connectivity index (χ1) is 12.5. The monoisotopic (exact) mass is 355 g/mol. The second kappa shape index (κ2) is 7.10. The van der Waals surface area contributed by atoms with Crippen LogP contribution >= 0.6 is 0 Å². The number of nitrogens with zero attached hydrogens (tertiary/aromatic N) is 3. The lowest BCUT2D eigenvalue weighted by atomic mass is 9.79. The zero-order chi connectivity index (χ0) is 18.1. The Hall–Kier alpha value is -1.75. The molecule has 0 amide bonds. The maximum absolute atomic E-state index is 11.9. The van der Waals surface area contributed by atoms with Crippen LogP contribution in [0.3, 0.4) is 0 Å². The molecule has 0 spiro atoms. The lowest BCUT2D eigenvalue weighted by Gasteiger charge is -2.41. The number of hydrogen-bond donors (Lipinski definition) is 0. The van der Waals surface area contributed by atoms with E-state index >= 15 is 0 Å². The van der Waals surface area contributed by atoms with Crippen LogP contribution in [-0.4, -0.2) is 53.2 Å². The van der Waals surface area contributed by atoms with E-state index in [2.05, 4.69) is 14.9 Å². The normalized spacial score (nSPS) is 24.8. The van der Waals surface area contributed by atoms with Gasteiger partial charge >= 0.3 is 0 Å². The molecule has 2 aliphatic heterocycles. The number of hydrogen-bond acceptors (Lipinski definition) is 5. The van der Waals surface area contributed by atoms with Crippen LogP contribution in [0.1, 0.15) is 57.9 Å². The SMILES string of the molecule is CC1(C)CC(c2ccc(OC3CCN(C4CCC4)CC3)nc2)=NCC1=O. The molecule has 5 heteroatoms. The summed E-state index contributed by atoms with van der Waals surface area (Å²) in [5.41, 5.74) is 1.64. The highest BCUT2D eigenvalue weighted by Crippen LogP contribution is 2.30. The molecule has 5 nitrogen and oxygen atoms in total. The van der Waals surface area contributed by atoms with Gasteiger partial charge in [-0.1, -0.05) is 20.3 Å².